The van der Waals surface area contributed by atoms with Crippen molar-refractivity contribution in [3.05, 3.63) is 53.1 Å². The van der Waals surface area contributed by atoms with Crippen molar-refractivity contribution in [1.82, 2.24) is 0 Å². The van der Waals surface area contributed by atoms with Gasteiger partial charge in [-0.15, -0.1) is 0 Å². The highest BCUT2D eigenvalue weighted by Crippen LogP contribution is 2.33. The van der Waals surface area contributed by atoms with Gasteiger partial charge in [-0.2, -0.15) is 0 Å². The highest BCUT2D eigenvalue weighted by Gasteiger charge is 2.23. The molecular formula is C19H19NO3. The van der Waals surface area contributed by atoms with Crippen LogP contribution in [-0.4, -0.2) is 23.5 Å². The molecule has 118 valence electrons. The topological polar surface area (TPSA) is 57.6 Å². The van der Waals surface area contributed by atoms with E-state index in [-0.39, 0.29) is 5.91 Å². The minimum absolute atomic E-state index is 0.151. The molecule has 0 spiro atoms. The second kappa shape index (κ2) is 5.88. The first-order valence-corrected chi connectivity index (χ1v) is 7.79. The largest absolute Gasteiger partial charge is 0.478 e. The van der Waals surface area contributed by atoms with Crippen molar-refractivity contribution in [2.45, 2.75) is 26.7 Å². The summed E-state index contributed by atoms with van der Waals surface area (Å²) in [6, 6.07) is 11.5. The smallest absolute Gasteiger partial charge is 0.335 e. The molecule has 4 heteroatoms. The fourth-order valence-electron chi connectivity index (χ4n) is 3.11. The quantitative estimate of drug-likeness (QED) is 0.941. The number of carbonyl (C=O) groups is 2. The van der Waals surface area contributed by atoms with E-state index in [2.05, 4.69) is 6.07 Å². The molecule has 3 rings (SSSR count). The van der Waals surface area contributed by atoms with Gasteiger partial charge in [0.2, 0.25) is 5.91 Å². The summed E-state index contributed by atoms with van der Waals surface area (Å²) in [5.74, 6) is -0.755. The zero-order valence-electron chi connectivity index (χ0n) is 13.3. The van der Waals surface area contributed by atoms with Gasteiger partial charge in [0.15, 0.2) is 0 Å². The molecule has 1 heterocycles. The molecule has 1 aliphatic heterocycles. The van der Waals surface area contributed by atoms with Crippen molar-refractivity contribution in [2.24, 2.45) is 0 Å². The predicted molar refractivity (Wildman–Crippen MR) is 89.9 cm³/mol. The molecule has 2 aromatic rings. The first-order chi connectivity index (χ1) is 11.0. The van der Waals surface area contributed by atoms with Gasteiger partial charge in [0.1, 0.15) is 0 Å². The Morgan fingerprint density at radius 1 is 1.13 bits per heavy atom. The Labute approximate surface area is 135 Å². The van der Waals surface area contributed by atoms with Crippen LogP contribution in [0.2, 0.25) is 0 Å². The lowest BCUT2D eigenvalue weighted by molar-refractivity contribution is -0.118. The molecule has 0 radical (unpaired) electrons. The molecule has 0 atom stereocenters. The molecular weight excluding hydrogens is 290 g/mol. The number of carboxylic acids is 1. The second-order valence-electron chi connectivity index (χ2n) is 5.83. The second-order valence-corrected chi connectivity index (χ2v) is 5.83. The Balaban J connectivity index is 1.96. The number of nitrogens with zero attached hydrogens (tertiary/aromatic N) is 1. The van der Waals surface area contributed by atoms with Crippen LogP contribution in [0.4, 0.5) is 5.69 Å². The number of anilines is 1. The van der Waals surface area contributed by atoms with E-state index >= 15 is 0 Å². The minimum Gasteiger partial charge on any atom is -0.478 e. The average molecular weight is 309 g/mol. The third-order valence-electron chi connectivity index (χ3n) is 4.37. The Bertz CT molecular complexity index is 795. The van der Waals surface area contributed by atoms with E-state index in [0.29, 0.717) is 12.0 Å². The van der Waals surface area contributed by atoms with E-state index in [9.17, 15) is 9.59 Å². The molecule has 1 N–H and O–H groups in total. The van der Waals surface area contributed by atoms with Gasteiger partial charge in [0.25, 0.3) is 0 Å². The zero-order chi connectivity index (χ0) is 16.6. The Morgan fingerprint density at radius 2 is 1.83 bits per heavy atom. The summed E-state index contributed by atoms with van der Waals surface area (Å²) in [6.07, 6.45) is 1.37. The van der Waals surface area contributed by atoms with Crippen LogP contribution in [0, 0.1) is 6.92 Å². The summed E-state index contributed by atoms with van der Waals surface area (Å²) < 4.78 is 0. The van der Waals surface area contributed by atoms with Crippen molar-refractivity contribution in [2.75, 3.05) is 11.4 Å². The van der Waals surface area contributed by atoms with Gasteiger partial charge in [-0.05, 0) is 53.8 Å². The number of rotatable bonds is 3. The van der Waals surface area contributed by atoms with E-state index in [1.807, 2.05) is 43.0 Å². The lowest BCUT2D eigenvalue weighted by Gasteiger charge is -2.16. The van der Waals surface area contributed by atoms with Crippen LogP contribution in [-0.2, 0) is 11.2 Å². The van der Waals surface area contributed by atoms with Crippen molar-refractivity contribution in [3.63, 3.8) is 0 Å². The number of hydrogen-bond acceptors (Lipinski definition) is 2. The Morgan fingerprint density at radius 3 is 2.48 bits per heavy atom. The summed E-state index contributed by atoms with van der Waals surface area (Å²) in [5, 5.41) is 9.12. The van der Waals surface area contributed by atoms with Gasteiger partial charge in [-0.1, -0.05) is 25.1 Å². The third kappa shape index (κ3) is 2.72. The number of aryl methyl sites for hydroxylation is 1. The summed E-state index contributed by atoms with van der Waals surface area (Å²) in [6.45, 7) is 4.42. The lowest BCUT2D eigenvalue weighted by Crippen LogP contribution is -2.27. The van der Waals surface area contributed by atoms with Crippen molar-refractivity contribution in [3.8, 4) is 11.1 Å². The van der Waals surface area contributed by atoms with E-state index in [1.165, 1.54) is 5.56 Å². The molecule has 0 saturated heterocycles. The highest BCUT2D eigenvalue weighted by atomic mass is 16.4. The SMILES string of the molecule is CCC(=O)N1CCc2cc(-c3ccc(C(=O)O)c(C)c3)ccc21. The molecule has 1 amide bonds. The maximum atomic E-state index is 11.9. The molecule has 0 saturated carbocycles. The maximum Gasteiger partial charge on any atom is 0.335 e. The molecule has 1 aliphatic rings. The fourth-order valence-corrected chi connectivity index (χ4v) is 3.11. The van der Waals surface area contributed by atoms with Crippen LogP contribution in [0.15, 0.2) is 36.4 Å². The van der Waals surface area contributed by atoms with Crippen LogP contribution >= 0.6 is 0 Å². The van der Waals surface area contributed by atoms with Crippen LogP contribution in [0.1, 0.15) is 34.8 Å². The summed E-state index contributed by atoms with van der Waals surface area (Å²) >= 11 is 0. The maximum absolute atomic E-state index is 11.9. The summed E-state index contributed by atoms with van der Waals surface area (Å²) in [5.41, 5.74) is 5.29. The molecule has 0 unspecified atom stereocenters. The number of hydrogen-bond donors (Lipinski definition) is 1. The predicted octanol–water partition coefficient (Wildman–Crippen LogP) is 3.66. The number of carbonyl (C=O) groups excluding carboxylic acids is 1. The average Bonchev–Trinajstić information content (AvgIpc) is 2.96. The first-order valence-electron chi connectivity index (χ1n) is 7.79. The van der Waals surface area contributed by atoms with Gasteiger partial charge >= 0.3 is 5.97 Å². The van der Waals surface area contributed by atoms with Crippen molar-refractivity contribution >= 4 is 17.6 Å². The van der Waals surface area contributed by atoms with Gasteiger partial charge < -0.3 is 10.0 Å². The zero-order valence-corrected chi connectivity index (χ0v) is 13.3. The normalized spacial score (nSPS) is 13.0. The van der Waals surface area contributed by atoms with Crippen molar-refractivity contribution < 1.29 is 14.7 Å². The molecule has 0 aliphatic carbocycles. The van der Waals surface area contributed by atoms with E-state index in [0.717, 1.165) is 35.3 Å². The van der Waals surface area contributed by atoms with Gasteiger partial charge in [-0.3, -0.25) is 4.79 Å². The fraction of sp³-hybridized carbons (Fsp3) is 0.263. The lowest BCUT2D eigenvalue weighted by atomic mass is 9.98. The molecule has 0 bridgehead atoms. The van der Waals surface area contributed by atoms with Crippen molar-refractivity contribution in [1.29, 1.82) is 0 Å². The monoisotopic (exact) mass is 309 g/mol. The van der Waals surface area contributed by atoms with Gasteiger partial charge in [0.05, 0.1) is 5.56 Å². The molecule has 2 aromatic carbocycles. The standard InChI is InChI=1S/C19H19NO3/c1-3-18(21)20-9-8-15-11-14(5-7-17(15)20)13-4-6-16(19(22)23)12(2)10-13/h4-7,10-11H,3,8-9H2,1-2H3,(H,22,23). The molecule has 23 heavy (non-hydrogen) atoms. The number of fused-ring (bicyclic) bond motifs is 1. The molecule has 4 nitrogen and oxygen atoms in total. The van der Waals surface area contributed by atoms with E-state index in [4.69, 9.17) is 5.11 Å². The van der Waals surface area contributed by atoms with Crippen LogP contribution in [0.25, 0.3) is 11.1 Å². The van der Waals surface area contributed by atoms with Gasteiger partial charge in [-0.25, -0.2) is 4.79 Å². The molecule has 0 fully saturated rings. The van der Waals surface area contributed by atoms with E-state index < -0.39 is 5.97 Å². The first kappa shape index (κ1) is 15.3. The van der Waals surface area contributed by atoms with E-state index in [1.54, 1.807) is 6.07 Å². The highest BCUT2D eigenvalue weighted by molar-refractivity contribution is 5.96. The number of carboxylic acid groups (broad SMARTS) is 1. The summed E-state index contributed by atoms with van der Waals surface area (Å²) in [4.78, 5) is 24.9. The number of amides is 1. The molecule has 0 aromatic heterocycles. The minimum atomic E-state index is -0.906. The number of aromatic carboxylic acids is 1. The third-order valence-corrected chi connectivity index (χ3v) is 4.37. The van der Waals surface area contributed by atoms with Crippen LogP contribution in [0.3, 0.4) is 0 Å². The number of benzene rings is 2. The Kier molecular flexibility index (Phi) is 3.90. The van der Waals surface area contributed by atoms with Crippen LogP contribution in [0.5, 0.6) is 0 Å². The van der Waals surface area contributed by atoms with Crippen LogP contribution < -0.4 is 4.90 Å². The summed E-state index contributed by atoms with van der Waals surface area (Å²) in [7, 11) is 0. The Hall–Kier alpha value is -2.62. The van der Waals surface area contributed by atoms with Gasteiger partial charge in [0, 0.05) is 18.7 Å².